The van der Waals surface area contributed by atoms with Gasteiger partial charge in [-0.2, -0.15) is 0 Å². The molecule has 88 valence electrons. The zero-order valence-corrected chi connectivity index (χ0v) is 12.0. The molecule has 0 amide bonds. The number of Topliss-reactive ketones (excluding diaryl/α,β-unsaturated/α-hetero) is 1. The summed E-state index contributed by atoms with van der Waals surface area (Å²) >= 11 is 4.84. The van der Waals surface area contributed by atoms with E-state index in [9.17, 15) is 4.79 Å². The van der Waals surface area contributed by atoms with E-state index in [4.69, 9.17) is 4.74 Å². The minimum atomic E-state index is -0.171. The second-order valence-electron chi connectivity index (χ2n) is 3.25. The third-order valence-electron chi connectivity index (χ3n) is 2.11. The molecule has 0 N–H and O–H groups in total. The summed E-state index contributed by atoms with van der Waals surface area (Å²) in [5, 5.41) is 0. The van der Waals surface area contributed by atoms with Crippen molar-refractivity contribution in [2.24, 2.45) is 0 Å². The summed E-state index contributed by atoms with van der Waals surface area (Å²) < 4.78 is 5.51. The van der Waals surface area contributed by atoms with Crippen LogP contribution in [0.2, 0.25) is 0 Å². The number of rotatable bonds is 5. The first kappa shape index (κ1) is 13.6. The van der Waals surface area contributed by atoms with E-state index in [1.165, 1.54) is 0 Å². The van der Waals surface area contributed by atoms with Gasteiger partial charge in [0, 0.05) is 5.56 Å². The van der Waals surface area contributed by atoms with Crippen molar-refractivity contribution < 1.29 is 9.53 Å². The van der Waals surface area contributed by atoms with E-state index >= 15 is 0 Å². The number of ketones is 1. The van der Waals surface area contributed by atoms with Gasteiger partial charge >= 0.3 is 0 Å². The van der Waals surface area contributed by atoms with Crippen LogP contribution in [0.4, 0.5) is 0 Å². The zero-order valence-electron chi connectivity index (χ0n) is 9.62. The average molecular weight is 303 g/mol. The van der Waals surface area contributed by atoms with Crippen LogP contribution in [0.15, 0.2) is 23.1 Å². The lowest BCUT2D eigenvalue weighted by Gasteiger charge is -2.13. The lowest BCUT2D eigenvalue weighted by molar-refractivity contribution is 0.0992. The Bertz CT molecular complexity index is 377. The maximum absolute atomic E-state index is 12.0. The van der Waals surface area contributed by atoms with E-state index in [-0.39, 0.29) is 10.6 Å². The number of ether oxygens (including phenoxy) is 1. The van der Waals surface area contributed by atoms with Crippen LogP contribution in [0.3, 0.4) is 0 Å². The molecule has 0 saturated heterocycles. The van der Waals surface area contributed by atoms with Gasteiger partial charge in [0.2, 0.25) is 0 Å². The van der Waals surface area contributed by atoms with Gasteiger partial charge in [-0.15, -0.1) is 11.8 Å². The summed E-state index contributed by atoms with van der Waals surface area (Å²) in [4.78, 5) is 12.7. The van der Waals surface area contributed by atoms with Gasteiger partial charge in [-0.3, -0.25) is 4.79 Å². The van der Waals surface area contributed by atoms with Crippen LogP contribution in [-0.4, -0.2) is 23.5 Å². The third kappa shape index (κ3) is 3.01. The summed E-state index contributed by atoms with van der Waals surface area (Å²) in [6.07, 6.45) is 1.95. The molecule has 0 radical (unpaired) electrons. The lowest BCUT2D eigenvalue weighted by Crippen LogP contribution is -2.11. The highest BCUT2D eigenvalue weighted by atomic mass is 79.9. The molecular formula is C12H15BrO2S. The molecule has 1 aromatic rings. The van der Waals surface area contributed by atoms with Crippen molar-refractivity contribution in [2.45, 2.75) is 23.6 Å². The predicted molar refractivity (Wildman–Crippen MR) is 72.1 cm³/mol. The molecule has 0 aliphatic carbocycles. The summed E-state index contributed by atoms with van der Waals surface area (Å²) in [6, 6.07) is 5.59. The highest BCUT2D eigenvalue weighted by Gasteiger charge is 2.18. The Balaban J connectivity index is 3.18. The molecule has 0 aliphatic heterocycles. The average Bonchev–Trinajstić information content (AvgIpc) is 2.28. The lowest BCUT2D eigenvalue weighted by atomic mass is 10.1. The fourth-order valence-electron chi connectivity index (χ4n) is 1.40. The van der Waals surface area contributed by atoms with Gasteiger partial charge in [-0.05, 0) is 32.2 Å². The van der Waals surface area contributed by atoms with Gasteiger partial charge in [0.05, 0.1) is 16.3 Å². The van der Waals surface area contributed by atoms with Gasteiger partial charge in [0.15, 0.2) is 5.78 Å². The summed E-state index contributed by atoms with van der Waals surface area (Å²) in [7, 11) is 0. The molecule has 4 heteroatoms. The number of thioether (sulfide) groups is 1. The second-order valence-corrected chi connectivity index (χ2v) is 5.44. The molecule has 2 nitrogen and oxygen atoms in total. The summed E-state index contributed by atoms with van der Waals surface area (Å²) in [6.45, 7) is 4.38. The Hall–Kier alpha value is -0.480. The molecule has 16 heavy (non-hydrogen) atoms. The van der Waals surface area contributed by atoms with Gasteiger partial charge < -0.3 is 4.74 Å². The van der Waals surface area contributed by atoms with Crippen molar-refractivity contribution in [2.75, 3.05) is 12.9 Å². The first-order chi connectivity index (χ1) is 7.61. The molecule has 0 aromatic heterocycles. The molecule has 1 atom stereocenters. The fraction of sp³-hybridized carbons (Fsp3) is 0.417. The second kappa shape index (κ2) is 6.30. The van der Waals surface area contributed by atoms with Gasteiger partial charge in [-0.1, -0.05) is 22.0 Å². The number of carbonyl (C=O) groups excluding carboxylic acids is 1. The number of benzene rings is 1. The molecule has 1 unspecified atom stereocenters. The quantitative estimate of drug-likeness (QED) is 0.470. The van der Waals surface area contributed by atoms with E-state index in [2.05, 4.69) is 15.9 Å². The van der Waals surface area contributed by atoms with Crippen LogP contribution in [0.5, 0.6) is 5.75 Å². The van der Waals surface area contributed by atoms with Crippen molar-refractivity contribution in [3.8, 4) is 5.75 Å². The Morgan fingerprint density at radius 2 is 2.25 bits per heavy atom. The van der Waals surface area contributed by atoms with Crippen LogP contribution >= 0.6 is 27.7 Å². The largest absolute Gasteiger partial charge is 0.493 e. The molecule has 0 heterocycles. The number of halogens is 1. The van der Waals surface area contributed by atoms with Crippen molar-refractivity contribution >= 4 is 33.5 Å². The van der Waals surface area contributed by atoms with Crippen molar-refractivity contribution in [1.82, 2.24) is 0 Å². The smallest absolute Gasteiger partial charge is 0.177 e. The van der Waals surface area contributed by atoms with Crippen LogP contribution in [0.1, 0.15) is 24.2 Å². The van der Waals surface area contributed by atoms with Gasteiger partial charge in [0.1, 0.15) is 5.75 Å². The van der Waals surface area contributed by atoms with Crippen molar-refractivity contribution in [1.29, 1.82) is 0 Å². The summed E-state index contributed by atoms with van der Waals surface area (Å²) in [5.41, 5.74) is 0.725. The molecular weight excluding hydrogens is 288 g/mol. The zero-order chi connectivity index (χ0) is 12.1. The van der Waals surface area contributed by atoms with E-state index in [1.54, 1.807) is 11.8 Å². The maximum atomic E-state index is 12.0. The molecule has 1 rings (SSSR count). The molecule has 1 aromatic carbocycles. The van der Waals surface area contributed by atoms with Crippen LogP contribution in [-0.2, 0) is 0 Å². The Morgan fingerprint density at radius 3 is 2.75 bits per heavy atom. The number of hydrogen-bond donors (Lipinski definition) is 0. The highest BCUT2D eigenvalue weighted by Crippen LogP contribution is 2.32. The van der Waals surface area contributed by atoms with E-state index < -0.39 is 0 Å². The predicted octanol–water partition coefficient (Wildman–Crippen LogP) is 3.77. The van der Waals surface area contributed by atoms with E-state index in [1.807, 2.05) is 38.3 Å². The molecule has 0 bridgehead atoms. The fourth-order valence-corrected chi connectivity index (χ4v) is 2.37. The molecule has 0 aliphatic rings. The minimum Gasteiger partial charge on any atom is -0.493 e. The highest BCUT2D eigenvalue weighted by molar-refractivity contribution is 9.10. The standard InChI is InChI=1S/C12H15BrO2S/c1-4-15-10-7-5-6-9(12(10)16-3)11(14)8(2)13/h5-8H,4H2,1-3H3. The first-order valence-corrected chi connectivity index (χ1v) is 7.24. The number of hydrogen-bond acceptors (Lipinski definition) is 3. The van der Waals surface area contributed by atoms with Gasteiger partial charge in [-0.25, -0.2) is 0 Å². The summed E-state index contributed by atoms with van der Waals surface area (Å²) in [5.74, 6) is 0.875. The molecule has 0 fully saturated rings. The van der Waals surface area contributed by atoms with E-state index in [0.717, 1.165) is 16.2 Å². The van der Waals surface area contributed by atoms with Crippen LogP contribution in [0.25, 0.3) is 0 Å². The molecule has 0 spiro atoms. The van der Waals surface area contributed by atoms with Crippen molar-refractivity contribution in [3.05, 3.63) is 23.8 Å². The van der Waals surface area contributed by atoms with E-state index in [0.29, 0.717) is 6.61 Å². The maximum Gasteiger partial charge on any atom is 0.177 e. The Kier molecular flexibility index (Phi) is 5.35. The monoisotopic (exact) mass is 302 g/mol. The SMILES string of the molecule is CCOc1cccc(C(=O)C(C)Br)c1SC. The normalized spacial score (nSPS) is 12.2. The first-order valence-electron chi connectivity index (χ1n) is 5.09. The Labute approximate surface area is 109 Å². The minimum absolute atomic E-state index is 0.0888. The topological polar surface area (TPSA) is 26.3 Å². The van der Waals surface area contributed by atoms with Crippen LogP contribution < -0.4 is 4.74 Å². The third-order valence-corrected chi connectivity index (χ3v) is 3.35. The van der Waals surface area contributed by atoms with Gasteiger partial charge in [0.25, 0.3) is 0 Å². The van der Waals surface area contributed by atoms with Crippen LogP contribution in [0, 0.1) is 0 Å². The Morgan fingerprint density at radius 1 is 1.56 bits per heavy atom. The number of carbonyl (C=O) groups is 1. The molecule has 0 saturated carbocycles. The number of alkyl halides is 1. The van der Waals surface area contributed by atoms with Crippen molar-refractivity contribution in [3.63, 3.8) is 0 Å².